The van der Waals surface area contributed by atoms with Crippen LogP contribution in [-0.2, 0) is 4.79 Å². The highest BCUT2D eigenvalue weighted by atomic mass is 79.9. The number of thiazole rings is 1. The van der Waals surface area contributed by atoms with Gasteiger partial charge in [-0.25, -0.2) is 9.37 Å². The molecule has 1 aromatic carbocycles. The van der Waals surface area contributed by atoms with Crippen LogP contribution in [0.1, 0.15) is 12.8 Å². The van der Waals surface area contributed by atoms with Crippen LogP contribution in [0.15, 0.2) is 27.8 Å². The number of carbonyl (C=O) groups is 1. The van der Waals surface area contributed by atoms with Crippen LogP contribution >= 0.6 is 39.0 Å². The van der Waals surface area contributed by atoms with Crippen molar-refractivity contribution in [1.29, 1.82) is 0 Å². The molecule has 0 amide bonds. The molecule has 1 fully saturated rings. The van der Waals surface area contributed by atoms with E-state index in [1.54, 1.807) is 6.07 Å². The lowest BCUT2D eigenvalue weighted by atomic mass is 10.1. The van der Waals surface area contributed by atoms with Gasteiger partial charge in [-0.05, 0) is 28.1 Å². The fourth-order valence-corrected chi connectivity index (χ4v) is 5.06. The van der Waals surface area contributed by atoms with E-state index in [4.69, 9.17) is 14.6 Å². The number of hydrogen-bond acceptors (Lipinski definition) is 9. The Balaban J connectivity index is 1.46. The maximum Gasteiger partial charge on any atom is 0.313 e. The van der Waals surface area contributed by atoms with E-state index >= 15 is 0 Å². The molecule has 0 spiro atoms. The van der Waals surface area contributed by atoms with Gasteiger partial charge in [0.1, 0.15) is 22.4 Å². The van der Waals surface area contributed by atoms with Crippen LogP contribution in [0.3, 0.4) is 0 Å². The zero-order valence-corrected chi connectivity index (χ0v) is 19.6. The van der Waals surface area contributed by atoms with Gasteiger partial charge in [0, 0.05) is 32.0 Å². The van der Waals surface area contributed by atoms with Crippen molar-refractivity contribution >= 4 is 60.5 Å². The number of rotatable bonds is 7. The molecule has 3 heterocycles. The van der Waals surface area contributed by atoms with Gasteiger partial charge >= 0.3 is 5.97 Å². The van der Waals surface area contributed by atoms with Crippen molar-refractivity contribution in [2.75, 3.05) is 30.9 Å². The minimum absolute atomic E-state index is 0.0166. The maximum absolute atomic E-state index is 13.5. The number of nitrogens with zero attached hydrogens (tertiary/aromatic N) is 4. The highest BCUT2D eigenvalue weighted by Crippen LogP contribution is 2.36. The van der Waals surface area contributed by atoms with Crippen molar-refractivity contribution in [3.63, 3.8) is 0 Å². The third-order valence-electron chi connectivity index (χ3n) is 4.61. The van der Waals surface area contributed by atoms with E-state index in [0.717, 1.165) is 52.0 Å². The van der Waals surface area contributed by atoms with Crippen LogP contribution < -0.4 is 14.4 Å². The normalized spacial score (nSPS) is 14.7. The number of anilines is 1. The molecule has 164 valence electrons. The summed E-state index contributed by atoms with van der Waals surface area (Å²) in [7, 11) is 1.51. The molecule has 12 heteroatoms. The Bertz CT molecular complexity index is 1110. The third-order valence-corrected chi connectivity index (χ3v) is 7.19. The van der Waals surface area contributed by atoms with Crippen LogP contribution in [-0.4, -0.2) is 58.1 Å². The highest BCUT2D eigenvalue weighted by molar-refractivity contribution is 9.10. The fraction of sp³-hybridized carbons (Fsp3) is 0.368. The number of fused-ring (bicyclic) bond motifs is 1. The molecule has 0 saturated carbocycles. The standard InChI is InChI=1S/C19H18BrFN4O4S2/c1-28-17-15-16(22-18(24-17)30-9-14(26)27)23-19(31-15)25-6-4-11(5-7-25)29-13-8-10(21)2-3-12(13)20/h2-3,8,11H,4-7,9H2,1H3,(H,26,27). The predicted molar refractivity (Wildman–Crippen MR) is 120 cm³/mol. The Hall–Kier alpha value is -2.18. The summed E-state index contributed by atoms with van der Waals surface area (Å²) in [5, 5.41) is 9.99. The van der Waals surface area contributed by atoms with Gasteiger partial charge in [0.15, 0.2) is 15.9 Å². The fourth-order valence-electron chi connectivity index (χ4n) is 3.15. The first-order valence-electron chi connectivity index (χ1n) is 9.36. The second kappa shape index (κ2) is 9.53. The second-order valence-corrected chi connectivity index (χ2v) is 9.50. The number of carboxylic acids is 1. The summed E-state index contributed by atoms with van der Waals surface area (Å²) in [6.07, 6.45) is 1.51. The smallest absolute Gasteiger partial charge is 0.313 e. The summed E-state index contributed by atoms with van der Waals surface area (Å²) in [6.45, 7) is 1.46. The number of aliphatic carboxylic acids is 1. The number of halogens is 2. The quantitative estimate of drug-likeness (QED) is 0.356. The summed E-state index contributed by atoms with van der Waals surface area (Å²) in [6, 6.07) is 4.41. The summed E-state index contributed by atoms with van der Waals surface area (Å²) in [5.41, 5.74) is 0.488. The number of methoxy groups -OCH3 is 1. The van der Waals surface area contributed by atoms with E-state index in [-0.39, 0.29) is 17.7 Å². The number of carboxylic acid groups (broad SMARTS) is 1. The van der Waals surface area contributed by atoms with E-state index in [1.807, 2.05) is 0 Å². The lowest BCUT2D eigenvalue weighted by Crippen LogP contribution is -2.38. The molecule has 3 aromatic rings. The van der Waals surface area contributed by atoms with Crippen LogP contribution in [0, 0.1) is 5.82 Å². The Kier molecular flexibility index (Phi) is 6.77. The average Bonchev–Trinajstić information content (AvgIpc) is 3.19. The first-order chi connectivity index (χ1) is 14.9. The van der Waals surface area contributed by atoms with Gasteiger partial charge in [-0.1, -0.05) is 23.1 Å². The molecule has 0 aliphatic carbocycles. The van der Waals surface area contributed by atoms with E-state index < -0.39 is 5.97 Å². The van der Waals surface area contributed by atoms with Crippen molar-refractivity contribution in [2.45, 2.75) is 24.1 Å². The van der Waals surface area contributed by atoms with Crippen molar-refractivity contribution in [1.82, 2.24) is 15.0 Å². The Morgan fingerprint density at radius 2 is 2.13 bits per heavy atom. The molecule has 0 unspecified atom stereocenters. The Labute approximate surface area is 193 Å². The Morgan fingerprint density at radius 3 is 2.84 bits per heavy atom. The molecule has 1 N–H and O–H groups in total. The van der Waals surface area contributed by atoms with Gasteiger partial charge in [-0.2, -0.15) is 9.97 Å². The van der Waals surface area contributed by atoms with Crippen molar-refractivity contribution in [3.8, 4) is 11.6 Å². The number of aromatic nitrogens is 3. The van der Waals surface area contributed by atoms with Gasteiger partial charge in [-0.3, -0.25) is 4.79 Å². The van der Waals surface area contributed by atoms with Crippen LogP contribution in [0.2, 0.25) is 0 Å². The van der Waals surface area contributed by atoms with Gasteiger partial charge in [0.05, 0.1) is 17.3 Å². The molecule has 0 radical (unpaired) electrons. The van der Waals surface area contributed by atoms with Gasteiger partial charge < -0.3 is 19.5 Å². The van der Waals surface area contributed by atoms with Gasteiger partial charge in [-0.15, -0.1) is 0 Å². The molecular formula is C19H18BrFN4O4S2. The molecule has 0 atom stereocenters. The monoisotopic (exact) mass is 528 g/mol. The first kappa shape index (κ1) is 22.0. The molecular weight excluding hydrogens is 511 g/mol. The summed E-state index contributed by atoms with van der Waals surface area (Å²) in [4.78, 5) is 26.3. The van der Waals surface area contributed by atoms with Crippen molar-refractivity contribution < 1.29 is 23.8 Å². The highest BCUT2D eigenvalue weighted by Gasteiger charge is 2.25. The van der Waals surface area contributed by atoms with E-state index in [1.165, 1.54) is 30.6 Å². The van der Waals surface area contributed by atoms with Crippen LogP contribution in [0.4, 0.5) is 9.52 Å². The maximum atomic E-state index is 13.5. The van der Waals surface area contributed by atoms with Crippen LogP contribution in [0.25, 0.3) is 10.3 Å². The predicted octanol–water partition coefficient (Wildman–Crippen LogP) is 4.22. The minimum atomic E-state index is -0.943. The molecule has 31 heavy (non-hydrogen) atoms. The lowest BCUT2D eigenvalue weighted by molar-refractivity contribution is -0.133. The van der Waals surface area contributed by atoms with Gasteiger partial charge in [0.25, 0.3) is 0 Å². The number of piperidine rings is 1. The summed E-state index contributed by atoms with van der Waals surface area (Å²) < 4.78 is 26.3. The number of thioether (sulfide) groups is 1. The topological polar surface area (TPSA) is 97.7 Å². The number of ether oxygens (including phenoxy) is 2. The van der Waals surface area contributed by atoms with Crippen LogP contribution in [0.5, 0.6) is 11.6 Å². The molecule has 1 aliphatic heterocycles. The second-order valence-electron chi connectivity index (χ2n) is 6.73. The average molecular weight is 529 g/mol. The summed E-state index contributed by atoms with van der Waals surface area (Å²) >= 11 is 5.86. The largest absolute Gasteiger partial charge is 0.489 e. The molecule has 0 bridgehead atoms. The molecule has 1 saturated heterocycles. The van der Waals surface area contributed by atoms with Crippen molar-refractivity contribution in [2.24, 2.45) is 0 Å². The lowest BCUT2D eigenvalue weighted by Gasteiger charge is -2.32. The third kappa shape index (κ3) is 5.18. The van der Waals surface area contributed by atoms with E-state index in [2.05, 4.69) is 35.8 Å². The molecule has 8 nitrogen and oxygen atoms in total. The molecule has 4 rings (SSSR count). The number of benzene rings is 1. The van der Waals surface area contributed by atoms with E-state index in [0.29, 0.717) is 22.4 Å². The SMILES string of the molecule is COc1nc(SCC(=O)O)nc2nc(N3CCC(Oc4cc(F)ccc4Br)CC3)sc12. The Morgan fingerprint density at radius 1 is 1.35 bits per heavy atom. The molecule has 1 aliphatic rings. The first-order valence-corrected chi connectivity index (χ1v) is 12.0. The minimum Gasteiger partial charge on any atom is -0.489 e. The van der Waals surface area contributed by atoms with Crippen molar-refractivity contribution in [3.05, 3.63) is 28.5 Å². The molecule has 2 aromatic heterocycles. The van der Waals surface area contributed by atoms with E-state index in [9.17, 15) is 9.18 Å². The van der Waals surface area contributed by atoms with Gasteiger partial charge in [0.2, 0.25) is 5.88 Å². The zero-order chi connectivity index (χ0) is 22.0. The zero-order valence-electron chi connectivity index (χ0n) is 16.4. The number of hydrogen-bond donors (Lipinski definition) is 1. The summed E-state index contributed by atoms with van der Waals surface area (Å²) in [5.74, 6) is -0.524.